The highest BCUT2D eigenvalue weighted by Gasteiger charge is 2.31. The van der Waals surface area contributed by atoms with E-state index in [-0.39, 0.29) is 17.5 Å². The van der Waals surface area contributed by atoms with Crippen LogP contribution in [0, 0.1) is 17.3 Å². The minimum absolute atomic E-state index is 0.0444. The lowest BCUT2D eigenvalue weighted by Gasteiger charge is -2.24. The van der Waals surface area contributed by atoms with E-state index in [1.165, 1.54) is 6.07 Å². The van der Waals surface area contributed by atoms with E-state index in [4.69, 9.17) is 14.7 Å². The van der Waals surface area contributed by atoms with Gasteiger partial charge in [0.1, 0.15) is 29.2 Å². The molecule has 1 aromatic heterocycles. The molecule has 1 atom stereocenters. The molecule has 22 heavy (non-hydrogen) atoms. The van der Waals surface area contributed by atoms with Gasteiger partial charge in [-0.1, -0.05) is 0 Å². The molecule has 0 aliphatic carbocycles. The number of hydrogen-bond acceptors (Lipinski definition) is 5. The molecule has 1 saturated heterocycles. The summed E-state index contributed by atoms with van der Waals surface area (Å²) in [6.45, 7) is 6.29. The second-order valence-corrected chi connectivity index (χ2v) is 6.08. The molecule has 0 spiro atoms. The SMILES string of the molecule is CC(C)(C)OC(=O)N1CC[C@H](Oc2cc(F)nc(C#N)c2)C1. The van der Waals surface area contributed by atoms with Crippen LogP contribution in [0.15, 0.2) is 12.1 Å². The second-order valence-electron chi connectivity index (χ2n) is 6.08. The summed E-state index contributed by atoms with van der Waals surface area (Å²) in [5.74, 6) is -0.531. The summed E-state index contributed by atoms with van der Waals surface area (Å²) in [7, 11) is 0. The Morgan fingerprint density at radius 1 is 1.50 bits per heavy atom. The number of ether oxygens (including phenoxy) is 2. The lowest BCUT2D eigenvalue weighted by molar-refractivity contribution is 0.0275. The van der Waals surface area contributed by atoms with Crippen molar-refractivity contribution in [2.24, 2.45) is 0 Å². The minimum Gasteiger partial charge on any atom is -0.488 e. The third kappa shape index (κ3) is 4.32. The van der Waals surface area contributed by atoms with E-state index in [1.54, 1.807) is 31.7 Å². The molecule has 0 unspecified atom stereocenters. The van der Waals surface area contributed by atoms with Gasteiger partial charge in [0.2, 0.25) is 5.95 Å². The molecule has 0 saturated carbocycles. The summed E-state index contributed by atoms with van der Waals surface area (Å²) >= 11 is 0. The summed E-state index contributed by atoms with van der Waals surface area (Å²) in [6.07, 6.45) is -0.0384. The number of halogens is 1. The molecule has 0 aromatic carbocycles. The van der Waals surface area contributed by atoms with Gasteiger partial charge in [-0.05, 0) is 20.8 Å². The maximum absolute atomic E-state index is 13.3. The minimum atomic E-state index is -0.768. The van der Waals surface area contributed by atoms with Gasteiger partial charge in [0.05, 0.1) is 6.54 Å². The zero-order valence-corrected chi connectivity index (χ0v) is 12.8. The number of hydrogen-bond donors (Lipinski definition) is 0. The van der Waals surface area contributed by atoms with Crippen LogP contribution >= 0.6 is 0 Å². The monoisotopic (exact) mass is 307 g/mol. The van der Waals surface area contributed by atoms with E-state index in [0.717, 1.165) is 6.07 Å². The van der Waals surface area contributed by atoms with Gasteiger partial charge in [-0.15, -0.1) is 0 Å². The number of likely N-dealkylation sites (tertiary alicyclic amines) is 1. The molecule has 7 heteroatoms. The number of aromatic nitrogens is 1. The van der Waals surface area contributed by atoms with Crippen LogP contribution in [0.5, 0.6) is 5.75 Å². The number of nitrogens with zero attached hydrogens (tertiary/aromatic N) is 3. The van der Waals surface area contributed by atoms with Crippen molar-refractivity contribution in [2.45, 2.75) is 38.9 Å². The van der Waals surface area contributed by atoms with Crippen LogP contribution in [0.4, 0.5) is 9.18 Å². The smallest absolute Gasteiger partial charge is 0.410 e. The zero-order chi connectivity index (χ0) is 16.3. The van der Waals surface area contributed by atoms with Gasteiger partial charge in [-0.3, -0.25) is 0 Å². The lowest BCUT2D eigenvalue weighted by atomic mass is 10.2. The Bertz CT molecular complexity index is 607. The quantitative estimate of drug-likeness (QED) is 0.785. The first-order chi connectivity index (χ1) is 10.3. The van der Waals surface area contributed by atoms with Gasteiger partial charge in [0.25, 0.3) is 0 Å². The maximum Gasteiger partial charge on any atom is 0.410 e. The van der Waals surface area contributed by atoms with Crippen LogP contribution in [0.3, 0.4) is 0 Å². The van der Waals surface area contributed by atoms with Gasteiger partial charge in [-0.2, -0.15) is 9.65 Å². The third-order valence-electron chi connectivity index (χ3n) is 2.98. The molecule has 0 radical (unpaired) electrons. The fourth-order valence-electron chi connectivity index (χ4n) is 2.11. The number of carbonyl (C=O) groups is 1. The number of carbonyl (C=O) groups excluding carboxylic acids is 1. The topological polar surface area (TPSA) is 75.4 Å². The van der Waals surface area contributed by atoms with Crippen molar-refractivity contribution in [2.75, 3.05) is 13.1 Å². The Labute approximate surface area is 128 Å². The highest BCUT2D eigenvalue weighted by atomic mass is 19.1. The zero-order valence-electron chi connectivity index (χ0n) is 12.8. The number of amides is 1. The largest absolute Gasteiger partial charge is 0.488 e. The maximum atomic E-state index is 13.3. The Balaban J connectivity index is 1.96. The molecule has 2 heterocycles. The highest BCUT2D eigenvalue weighted by molar-refractivity contribution is 5.68. The van der Waals surface area contributed by atoms with Gasteiger partial charge in [-0.25, -0.2) is 9.78 Å². The Morgan fingerprint density at radius 2 is 2.23 bits per heavy atom. The first kappa shape index (κ1) is 16.0. The predicted octanol–water partition coefficient (Wildman–Crippen LogP) is 2.48. The fourth-order valence-corrected chi connectivity index (χ4v) is 2.11. The fraction of sp³-hybridized carbons (Fsp3) is 0.533. The van der Waals surface area contributed by atoms with E-state index in [9.17, 15) is 9.18 Å². The Morgan fingerprint density at radius 3 is 2.86 bits per heavy atom. The van der Waals surface area contributed by atoms with Crippen LogP contribution in [0.2, 0.25) is 0 Å². The van der Waals surface area contributed by atoms with Crippen LogP contribution in [0.1, 0.15) is 32.9 Å². The third-order valence-corrected chi connectivity index (χ3v) is 2.98. The van der Waals surface area contributed by atoms with Crippen molar-refractivity contribution in [3.63, 3.8) is 0 Å². The molecular formula is C15H18FN3O3. The van der Waals surface area contributed by atoms with Crippen LogP contribution in [-0.2, 0) is 4.74 Å². The summed E-state index contributed by atoms with van der Waals surface area (Å²) in [5.41, 5.74) is -0.594. The van der Waals surface area contributed by atoms with E-state index in [2.05, 4.69) is 4.98 Å². The number of nitriles is 1. The summed E-state index contributed by atoms with van der Waals surface area (Å²) in [5, 5.41) is 8.77. The van der Waals surface area contributed by atoms with Crippen molar-refractivity contribution in [3.05, 3.63) is 23.8 Å². The molecular weight excluding hydrogens is 289 g/mol. The van der Waals surface area contributed by atoms with Crippen molar-refractivity contribution in [1.82, 2.24) is 9.88 Å². The number of pyridine rings is 1. The Hall–Kier alpha value is -2.36. The molecule has 0 N–H and O–H groups in total. The normalized spacial score (nSPS) is 18.0. The predicted molar refractivity (Wildman–Crippen MR) is 75.8 cm³/mol. The molecule has 1 fully saturated rings. The van der Waals surface area contributed by atoms with Crippen LogP contribution < -0.4 is 4.74 Å². The second kappa shape index (κ2) is 6.18. The molecule has 118 valence electrons. The summed E-state index contributed by atoms with van der Waals surface area (Å²) < 4.78 is 24.2. The van der Waals surface area contributed by atoms with Crippen molar-refractivity contribution in [1.29, 1.82) is 5.26 Å². The van der Waals surface area contributed by atoms with E-state index in [1.807, 2.05) is 0 Å². The van der Waals surface area contributed by atoms with E-state index >= 15 is 0 Å². The van der Waals surface area contributed by atoms with Crippen molar-refractivity contribution in [3.8, 4) is 11.8 Å². The van der Waals surface area contributed by atoms with E-state index < -0.39 is 17.6 Å². The van der Waals surface area contributed by atoms with Gasteiger partial charge >= 0.3 is 6.09 Å². The van der Waals surface area contributed by atoms with Crippen molar-refractivity contribution < 1.29 is 18.7 Å². The average Bonchev–Trinajstić information content (AvgIpc) is 2.84. The van der Waals surface area contributed by atoms with Crippen LogP contribution in [0.25, 0.3) is 0 Å². The molecule has 6 nitrogen and oxygen atoms in total. The van der Waals surface area contributed by atoms with Crippen LogP contribution in [-0.4, -0.2) is 40.8 Å². The molecule has 0 bridgehead atoms. The summed E-state index contributed by atoms with van der Waals surface area (Å²) in [4.78, 5) is 16.9. The highest BCUT2D eigenvalue weighted by Crippen LogP contribution is 2.21. The molecule has 1 aliphatic rings. The molecule has 1 aromatic rings. The molecule has 1 aliphatic heterocycles. The van der Waals surface area contributed by atoms with Crippen molar-refractivity contribution >= 4 is 6.09 Å². The average molecular weight is 307 g/mol. The van der Waals surface area contributed by atoms with Gasteiger partial charge < -0.3 is 14.4 Å². The lowest BCUT2D eigenvalue weighted by Crippen LogP contribution is -2.36. The summed E-state index contributed by atoms with van der Waals surface area (Å²) in [6, 6.07) is 4.27. The van der Waals surface area contributed by atoms with E-state index in [0.29, 0.717) is 19.5 Å². The number of rotatable bonds is 2. The Kier molecular flexibility index (Phi) is 4.50. The van der Waals surface area contributed by atoms with Gasteiger partial charge in [0, 0.05) is 25.1 Å². The first-order valence-electron chi connectivity index (χ1n) is 6.99. The standard InChI is InChI=1S/C15H18FN3O3/c1-15(2,3)22-14(20)19-5-4-11(9-19)21-12-6-10(8-17)18-13(16)7-12/h6-7,11H,4-5,9H2,1-3H3/t11-/m0/s1. The first-order valence-corrected chi connectivity index (χ1v) is 6.99. The van der Waals surface area contributed by atoms with Gasteiger partial charge in [0.15, 0.2) is 0 Å². The molecule has 2 rings (SSSR count). The molecule has 1 amide bonds.